The fraction of sp³-hybridized carbons (Fsp3) is 0.333. The third kappa shape index (κ3) is 2.85. The number of hydrogen-bond donors (Lipinski definition) is 3. The molecule has 0 bridgehead atoms. The number of aliphatic hydroxyl groups is 2. The normalized spacial score (nSPS) is 14.5. The Morgan fingerprint density at radius 1 is 1.50 bits per heavy atom. The predicted octanol–water partition coefficient (Wildman–Crippen LogP) is 1.57. The Kier molecular flexibility index (Phi) is 4.55. The second-order valence-electron chi connectivity index (χ2n) is 3.16. The van der Waals surface area contributed by atoms with Crippen molar-refractivity contribution in [2.75, 3.05) is 5.75 Å². The molecule has 2 N–H and O–H groups in total. The van der Waals surface area contributed by atoms with Gasteiger partial charge in [-0.3, -0.25) is 10.1 Å². The van der Waals surface area contributed by atoms with Crippen LogP contribution in [0.2, 0.25) is 5.02 Å². The smallest absolute Gasteiger partial charge is 0.288 e. The maximum Gasteiger partial charge on any atom is 0.288 e. The molecule has 5 nitrogen and oxygen atoms in total. The van der Waals surface area contributed by atoms with E-state index in [9.17, 15) is 20.3 Å². The number of hydrogen-bond acceptors (Lipinski definition) is 5. The summed E-state index contributed by atoms with van der Waals surface area (Å²) in [5.74, 6) is 0.0532. The highest BCUT2D eigenvalue weighted by Crippen LogP contribution is 2.28. The summed E-state index contributed by atoms with van der Waals surface area (Å²) in [7, 11) is 0. The van der Waals surface area contributed by atoms with E-state index in [0.717, 1.165) is 6.07 Å². The zero-order chi connectivity index (χ0) is 12.3. The second kappa shape index (κ2) is 5.49. The van der Waals surface area contributed by atoms with Gasteiger partial charge in [0, 0.05) is 11.8 Å². The van der Waals surface area contributed by atoms with Crippen LogP contribution in [0.15, 0.2) is 18.2 Å². The fourth-order valence-corrected chi connectivity index (χ4v) is 1.56. The zero-order valence-corrected chi connectivity index (χ0v) is 9.73. The van der Waals surface area contributed by atoms with Crippen LogP contribution in [0.4, 0.5) is 5.69 Å². The average Bonchev–Trinajstić information content (AvgIpc) is 2.27. The summed E-state index contributed by atoms with van der Waals surface area (Å²) >= 11 is 9.43. The standard InChI is InChI=1S/C9H10ClNO4S/c10-6-2-1-5(3-7(6)11(14)15)9(13)8(12)4-16/h1-3,8-9,12-13,16H,4H2. The van der Waals surface area contributed by atoms with Gasteiger partial charge in [-0.25, -0.2) is 0 Å². The highest BCUT2D eigenvalue weighted by Gasteiger charge is 2.21. The molecule has 0 aliphatic heterocycles. The molecule has 0 saturated heterocycles. The SMILES string of the molecule is O=[N+]([O-])c1cc(C(O)C(O)CS)ccc1Cl. The quantitative estimate of drug-likeness (QED) is 0.437. The van der Waals surface area contributed by atoms with Gasteiger partial charge in [0.25, 0.3) is 5.69 Å². The van der Waals surface area contributed by atoms with E-state index in [1.807, 2.05) is 0 Å². The molecule has 2 unspecified atom stereocenters. The van der Waals surface area contributed by atoms with Crippen LogP contribution in [-0.4, -0.2) is 27.0 Å². The number of nitro groups is 1. The predicted molar refractivity (Wildman–Crippen MR) is 62.9 cm³/mol. The monoisotopic (exact) mass is 263 g/mol. The highest BCUT2D eigenvalue weighted by molar-refractivity contribution is 7.80. The second-order valence-corrected chi connectivity index (χ2v) is 3.94. The summed E-state index contributed by atoms with van der Waals surface area (Å²) < 4.78 is 0. The number of halogens is 1. The minimum atomic E-state index is -1.21. The lowest BCUT2D eigenvalue weighted by Crippen LogP contribution is -2.19. The summed E-state index contributed by atoms with van der Waals surface area (Å²) in [5, 5.41) is 29.6. The van der Waals surface area contributed by atoms with E-state index in [1.54, 1.807) is 0 Å². The lowest BCUT2D eigenvalue weighted by Gasteiger charge is -2.15. The zero-order valence-electron chi connectivity index (χ0n) is 8.08. The van der Waals surface area contributed by atoms with E-state index >= 15 is 0 Å². The van der Waals surface area contributed by atoms with Crippen LogP contribution >= 0.6 is 24.2 Å². The number of thiol groups is 1. The molecule has 1 rings (SSSR count). The molecule has 0 fully saturated rings. The summed E-state index contributed by atoms with van der Waals surface area (Å²) in [5.41, 5.74) is -0.0674. The Bertz CT molecular complexity index is 401. The van der Waals surface area contributed by atoms with Crippen molar-refractivity contribution in [2.24, 2.45) is 0 Å². The van der Waals surface area contributed by atoms with Crippen LogP contribution in [0.25, 0.3) is 0 Å². The minimum absolute atomic E-state index is 0.0127. The lowest BCUT2D eigenvalue weighted by atomic mass is 10.0. The van der Waals surface area contributed by atoms with Gasteiger partial charge in [-0.15, -0.1) is 0 Å². The number of rotatable bonds is 4. The Labute approximate surface area is 102 Å². The third-order valence-electron chi connectivity index (χ3n) is 2.06. The van der Waals surface area contributed by atoms with Gasteiger partial charge in [0.15, 0.2) is 0 Å². The van der Waals surface area contributed by atoms with Crippen LogP contribution in [0.1, 0.15) is 11.7 Å². The topological polar surface area (TPSA) is 83.6 Å². The van der Waals surface area contributed by atoms with Crippen molar-refractivity contribution in [3.63, 3.8) is 0 Å². The van der Waals surface area contributed by atoms with E-state index in [2.05, 4.69) is 12.6 Å². The van der Waals surface area contributed by atoms with E-state index in [-0.39, 0.29) is 22.0 Å². The van der Waals surface area contributed by atoms with Gasteiger partial charge in [0.2, 0.25) is 0 Å². The Morgan fingerprint density at radius 3 is 2.62 bits per heavy atom. The van der Waals surface area contributed by atoms with Gasteiger partial charge in [-0.1, -0.05) is 17.7 Å². The summed E-state index contributed by atoms with van der Waals surface area (Å²) in [6.45, 7) is 0. The van der Waals surface area contributed by atoms with Crippen molar-refractivity contribution in [2.45, 2.75) is 12.2 Å². The Balaban J connectivity index is 3.07. The molecule has 2 atom stereocenters. The van der Waals surface area contributed by atoms with Crippen molar-refractivity contribution in [1.29, 1.82) is 0 Å². The molecule has 0 aromatic heterocycles. The van der Waals surface area contributed by atoms with Crippen molar-refractivity contribution < 1.29 is 15.1 Å². The molecule has 0 heterocycles. The van der Waals surface area contributed by atoms with Gasteiger partial charge < -0.3 is 10.2 Å². The molecule has 1 aromatic carbocycles. The average molecular weight is 264 g/mol. The molecule has 0 aliphatic carbocycles. The van der Waals surface area contributed by atoms with Gasteiger partial charge in [-0.2, -0.15) is 12.6 Å². The fourth-order valence-electron chi connectivity index (χ4n) is 1.18. The van der Waals surface area contributed by atoms with Crippen LogP contribution in [0.5, 0.6) is 0 Å². The molecule has 0 spiro atoms. The summed E-state index contributed by atoms with van der Waals surface area (Å²) in [6.07, 6.45) is -2.29. The minimum Gasteiger partial charge on any atom is -0.389 e. The molecule has 7 heteroatoms. The largest absolute Gasteiger partial charge is 0.389 e. The van der Waals surface area contributed by atoms with E-state index in [1.165, 1.54) is 12.1 Å². The molecule has 16 heavy (non-hydrogen) atoms. The summed E-state index contributed by atoms with van der Waals surface area (Å²) in [4.78, 5) is 9.95. The van der Waals surface area contributed by atoms with Crippen LogP contribution in [0.3, 0.4) is 0 Å². The first-order chi connectivity index (χ1) is 7.47. The number of nitrogens with zero attached hydrogens (tertiary/aromatic N) is 1. The maximum atomic E-state index is 10.6. The number of benzene rings is 1. The van der Waals surface area contributed by atoms with Gasteiger partial charge >= 0.3 is 0 Å². The molecular weight excluding hydrogens is 254 g/mol. The van der Waals surface area contributed by atoms with Gasteiger partial charge in [0.1, 0.15) is 11.1 Å². The first-order valence-electron chi connectivity index (χ1n) is 4.38. The van der Waals surface area contributed by atoms with E-state index < -0.39 is 17.1 Å². The molecule has 0 radical (unpaired) electrons. The van der Waals surface area contributed by atoms with Crippen molar-refractivity contribution in [3.8, 4) is 0 Å². The first kappa shape index (κ1) is 13.2. The van der Waals surface area contributed by atoms with E-state index in [4.69, 9.17) is 11.6 Å². The molecule has 0 aliphatic rings. The molecule has 1 aromatic rings. The van der Waals surface area contributed by atoms with Gasteiger partial charge in [-0.05, 0) is 11.6 Å². The first-order valence-corrected chi connectivity index (χ1v) is 5.39. The Morgan fingerprint density at radius 2 is 2.12 bits per heavy atom. The van der Waals surface area contributed by atoms with Crippen molar-refractivity contribution >= 4 is 29.9 Å². The third-order valence-corrected chi connectivity index (χ3v) is 2.75. The molecule has 0 amide bonds. The van der Waals surface area contributed by atoms with Crippen LogP contribution in [0, 0.1) is 10.1 Å². The Hall–Kier alpha value is -0.820. The van der Waals surface area contributed by atoms with Gasteiger partial charge in [0.05, 0.1) is 11.0 Å². The van der Waals surface area contributed by atoms with E-state index in [0.29, 0.717) is 0 Å². The maximum absolute atomic E-state index is 10.6. The van der Waals surface area contributed by atoms with Crippen molar-refractivity contribution in [1.82, 2.24) is 0 Å². The summed E-state index contributed by atoms with van der Waals surface area (Å²) in [6, 6.07) is 3.87. The van der Waals surface area contributed by atoms with Crippen molar-refractivity contribution in [3.05, 3.63) is 38.9 Å². The molecule has 88 valence electrons. The van der Waals surface area contributed by atoms with Crippen LogP contribution < -0.4 is 0 Å². The van der Waals surface area contributed by atoms with Crippen LogP contribution in [-0.2, 0) is 0 Å². The lowest BCUT2D eigenvalue weighted by molar-refractivity contribution is -0.384. The number of nitro benzene ring substituents is 1. The molecule has 0 saturated carbocycles. The highest BCUT2D eigenvalue weighted by atomic mass is 35.5. The molecular formula is C9H10ClNO4S. The number of aliphatic hydroxyl groups excluding tert-OH is 2.